The number of amides is 4. The third-order valence-electron chi connectivity index (χ3n) is 8.24. The number of alkyl carbamates (subject to hydrolysis) is 1. The smallest absolute Gasteiger partial charge is 0.427 e. The lowest BCUT2D eigenvalue weighted by atomic mass is 9.85. The Morgan fingerprint density at radius 1 is 1.10 bits per heavy atom. The fourth-order valence-electron chi connectivity index (χ4n) is 5.87. The molecule has 0 radical (unpaired) electrons. The van der Waals surface area contributed by atoms with Crippen LogP contribution in [-0.2, 0) is 19.1 Å². The third kappa shape index (κ3) is 6.99. The van der Waals surface area contributed by atoms with E-state index in [0.717, 1.165) is 19.3 Å². The summed E-state index contributed by atoms with van der Waals surface area (Å²) in [6, 6.07) is -1.07. The average molecular weight is 572 g/mol. The van der Waals surface area contributed by atoms with Gasteiger partial charge < -0.3 is 25.6 Å². The van der Waals surface area contributed by atoms with Crippen molar-refractivity contribution in [2.24, 2.45) is 23.2 Å². The molecule has 0 aromatic carbocycles. The molecule has 2 heterocycles. The monoisotopic (exact) mass is 571 g/mol. The molecule has 2 saturated heterocycles. The van der Waals surface area contributed by atoms with E-state index >= 15 is 0 Å². The lowest BCUT2D eigenvalue weighted by Crippen LogP contribution is -2.60. The van der Waals surface area contributed by atoms with E-state index in [0.29, 0.717) is 33.2 Å². The number of fused-ring (bicyclic) bond motifs is 1. The predicted molar refractivity (Wildman–Crippen MR) is 137 cm³/mol. The summed E-state index contributed by atoms with van der Waals surface area (Å²) >= 11 is 0. The first-order chi connectivity index (χ1) is 18.5. The maximum absolute atomic E-state index is 13.9. The molecular formula is C27H40F3N5O5. The van der Waals surface area contributed by atoms with E-state index in [-0.39, 0.29) is 30.7 Å². The summed E-state index contributed by atoms with van der Waals surface area (Å²) in [5.74, 6) is -1.79. The molecular weight excluding hydrogens is 531 g/mol. The third-order valence-corrected chi connectivity index (χ3v) is 8.24. The first-order valence-electron chi connectivity index (χ1n) is 13.8. The predicted octanol–water partition coefficient (Wildman–Crippen LogP) is 3.02. The topological polar surface area (TPSA) is 141 Å². The van der Waals surface area contributed by atoms with Crippen molar-refractivity contribution in [3.63, 3.8) is 0 Å². The van der Waals surface area contributed by atoms with Crippen LogP contribution < -0.4 is 16.0 Å². The molecule has 2 aliphatic heterocycles. The highest BCUT2D eigenvalue weighted by Crippen LogP contribution is 2.43. The Morgan fingerprint density at radius 2 is 1.77 bits per heavy atom. The van der Waals surface area contributed by atoms with Crippen molar-refractivity contribution in [3.8, 4) is 6.07 Å². The van der Waals surface area contributed by atoms with Crippen LogP contribution in [0.25, 0.3) is 0 Å². The Hall–Kier alpha value is -3.04. The number of likely N-dealkylation sites (tertiary alicyclic amines) is 1. The number of hydrogen-bond donors (Lipinski definition) is 3. The lowest BCUT2D eigenvalue weighted by molar-refractivity contribution is -0.244. The van der Waals surface area contributed by atoms with Crippen LogP contribution in [0.2, 0.25) is 0 Å². The quantitative estimate of drug-likeness (QED) is 0.429. The normalized spacial score (nSPS) is 26.7. The Kier molecular flexibility index (Phi) is 9.31. The highest BCUT2D eigenvalue weighted by Gasteiger charge is 2.54. The van der Waals surface area contributed by atoms with Crippen molar-refractivity contribution < 1.29 is 37.1 Å². The number of nitrogens with one attached hydrogen (secondary N) is 3. The van der Waals surface area contributed by atoms with Crippen molar-refractivity contribution >= 4 is 23.8 Å². The van der Waals surface area contributed by atoms with Gasteiger partial charge in [-0.15, -0.1) is 0 Å². The maximum atomic E-state index is 13.9. The molecule has 6 atom stereocenters. The summed E-state index contributed by atoms with van der Waals surface area (Å²) in [5, 5.41) is 17.5. The fraction of sp³-hybridized carbons (Fsp3) is 0.815. The number of carbonyl (C=O) groups is 4. The van der Waals surface area contributed by atoms with E-state index in [9.17, 15) is 37.6 Å². The minimum absolute atomic E-state index is 0.0427. The van der Waals surface area contributed by atoms with Crippen molar-refractivity contribution in [3.05, 3.63) is 0 Å². The van der Waals surface area contributed by atoms with Crippen molar-refractivity contribution in [2.75, 3.05) is 13.1 Å². The van der Waals surface area contributed by atoms with Crippen LogP contribution in [0.3, 0.4) is 0 Å². The van der Waals surface area contributed by atoms with Crippen LogP contribution >= 0.6 is 0 Å². The van der Waals surface area contributed by atoms with E-state index in [2.05, 4.69) is 26.8 Å². The summed E-state index contributed by atoms with van der Waals surface area (Å²) in [4.78, 5) is 53.6. The van der Waals surface area contributed by atoms with Gasteiger partial charge in [0.15, 0.2) is 0 Å². The summed E-state index contributed by atoms with van der Waals surface area (Å²) in [7, 11) is 0. The van der Waals surface area contributed by atoms with Crippen LogP contribution in [0.4, 0.5) is 18.0 Å². The second kappa shape index (κ2) is 11.8. The van der Waals surface area contributed by atoms with Crippen LogP contribution in [-0.4, -0.2) is 71.7 Å². The first-order valence-corrected chi connectivity index (χ1v) is 13.8. The number of nitrogens with zero attached hydrogens (tertiary/aromatic N) is 2. The standard InChI is InChI=1S/C27H40F3N5O5/c1-25(2,3)20(34-24(39)40-26(4,5)27(28,29)30)23(38)35-14-16-8-6-10-18(16)19(35)22(37)33-17(13-31)12-15-9-7-11-32-21(15)36/h15-20H,6-12,14H2,1-5H3,(H,32,36)(H,33,37)(H,34,39)/t15-,16-,17-,18-,19-,20+/m0/s1. The van der Waals surface area contributed by atoms with Gasteiger partial charge in [-0.3, -0.25) is 14.4 Å². The molecule has 1 aliphatic carbocycles. The Labute approximate surface area is 232 Å². The SMILES string of the molecule is CC(C)(C)[C@H](NC(=O)OC(C)(C)C(F)(F)F)C(=O)N1C[C@@H]2CCC[C@@H]2[C@H]1C(=O)N[C@H](C#N)C[C@@H]1CCCNC1=O. The molecule has 1 saturated carbocycles. The van der Waals surface area contributed by atoms with Crippen LogP contribution in [0.5, 0.6) is 0 Å². The van der Waals surface area contributed by atoms with Crippen LogP contribution in [0.15, 0.2) is 0 Å². The number of alkyl halides is 3. The molecule has 3 aliphatic rings. The van der Waals surface area contributed by atoms with Gasteiger partial charge in [0, 0.05) is 19.0 Å². The van der Waals surface area contributed by atoms with Crippen molar-refractivity contribution in [1.82, 2.24) is 20.9 Å². The number of halogens is 3. The molecule has 13 heteroatoms. The van der Waals surface area contributed by atoms with Gasteiger partial charge >= 0.3 is 12.3 Å². The first kappa shape index (κ1) is 31.5. The Balaban J connectivity index is 1.79. The number of rotatable bonds is 7. The highest BCUT2D eigenvalue weighted by molar-refractivity contribution is 5.93. The molecule has 0 spiro atoms. The zero-order valence-electron chi connectivity index (χ0n) is 23.7. The highest BCUT2D eigenvalue weighted by atomic mass is 19.4. The molecule has 224 valence electrons. The fourth-order valence-corrected chi connectivity index (χ4v) is 5.87. The van der Waals surface area contributed by atoms with Gasteiger partial charge in [0.25, 0.3) is 0 Å². The number of nitriles is 1. The lowest BCUT2D eigenvalue weighted by Gasteiger charge is -2.37. The number of piperidine rings is 1. The molecule has 10 nitrogen and oxygen atoms in total. The molecule has 3 fully saturated rings. The summed E-state index contributed by atoms with van der Waals surface area (Å²) in [6.07, 6.45) is -2.30. The molecule has 3 rings (SSSR count). The Bertz CT molecular complexity index is 1040. The minimum atomic E-state index is -4.82. The number of ether oxygens (including phenoxy) is 1. The molecule has 3 N–H and O–H groups in total. The zero-order valence-corrected chi connectivity index (χ0v) is 23.7. The van der Waals surface area contributed by atoms with E-state index in [1.165, 1.54) is 4.90 Å². The van der Waals surface area contributed by atoms with Crippen LogP contribution in [0.1, 0.15) is 73.1 Å². The maximum Gasteiger partial charge on any atom is 0.427 e. The minimum Gasteiger partial charge on any atom is -0.434 e. The largest absolute Gasteiger partial charge is 0.434 e. The average Bonchev–Trinajstić information content (AvgIpc) is 3.42. The zero-order chi connectivity index (χ0) is 30.0. The van der Waals surface area contributed by atoms with Gasteiger partial charge in [-0.2, -0.15) is 18.4 Å². The van der Waals surface area contributed by atoms with Crippen molar-refractivity contribution in [2.45, 2.75) is 103 Å². The number of hydrogen-bond acceptors (Lipinski definition) is 6. The van der Waals surface area contributed by atoms with E-state index < -0.39 is 59.1 Å². The van der Waals surface area contributed by atoms with Crippen LogP contribution in [0, 0.1) is 34.5 Å². The van der Waals surface area contributed by atoms with Gasteiger partial charge in [0.1, 0.15) is 18.1 Å². The van der Waals surface area contributed by atoms with Gasteiger partial charge in [0.2, 0.25) is 23.3 Å². The molecule has 0 aromatic heterocycles. The Morgan fingerprint density at radius 3 is 2.35 bits per heavy atom. The molecule has 0 unspecified atom stereocenters. The van der Waals surface area contributed by atoms with Gasteiger partial charge in [0.05, 0.1) is 6.07 Å². The van der Waals surface area contributed by atoms with E-state index in [4.69, 9.17) is 0 Å². The van der Waals surface area contributed by atoms with Crippen molar-refractivity contribution in [1.29, 1.82) is 5.26 Å². The summed E-state index contributed by atoms with van der Waals surface area (Å²) < 4.78 is 44.5. The second-order valence-corrected chi connectivity index (χ2v) is 12.7. The molecule has 40 heavy (non-hydrogen) atoms. The van der Waals surface area contributed by atoms with E-state index in [1.807, 2.05) is 0 Å². The van der Waals surface area contributed by atoms with Gasteiger partial charge in [-0.05, 0) is 63.2 Å². The molecule has 0 bridgehead atoms. The molecule has 0 aromatic rings. The van der Waals surface area contributed by atoms with Gasteiger partial charge in [-0.25, -0.2) is 4.79 Å². The second-order valence-electron chi connectivity index (χ2n) is 12.7. The summed E-state index contributed by atoms with van der Waals surface area (Å²) in [6.45, 7) is 7.20. The van der Waals surface area contributed by atoms with Gasteiger partial charge in [-0.1, -0.05) is 27.2 Å². The summed E-state index contributed by atoms with van der Waals surface area (Å²) in [5.41, 5.74) is -3.71. The number of carbonyl (C=O) groups excluding carboxylic acids is 4. The molecule has 4 amide bonds. The van der Waals surface area contributed by atoms with E-state index in [1.54, 1.807) is 20.8 Å².